The molecular weight excluding hydrogens is 205 g/mol. The van der Waals surface area contributed by atoms with Crippen LogP contribution in [-0.2, 0) is 13.5 Å². The van der Waals surface area contributed by atoms with Gasteiger partial charge in [0.25, 0.3) is 0 Å². The van der Waals surface area contributed by atoms with E-state index in [0.29, 0.717) is 13.0 Å². The van der Waals surface area contributed by atoms with Gasteiger partial charge < -0.3 is 4.57 Å². The second-order valence-corrected chi connectivity index (χ2v) is 5.04. The second kappa shape index (κ2) is 4.53. The highest BCUT2D eigenvalue weighted by atomic mass is 19.1. The van der Waals surface area contributed by atoms with E-state index in [9.17, 15) is 4.39 Å². The highest BCUT2D eigenvalue weighted by molar-refractivity contribution is 4.98. The van der Waals surface area contributed by atoms with Gasteiger partial charge in [-0.3, -0.25) is 4.90 Å². The van der Waals surface area contributed by atoms with Crippen molar-refractivity contribution in [1.82, 2.24) is 14.5 Å². The Labute approximate surface area is 96.3 Å². The predicted molar refractivity (Wildman–Crippen MR) is 62.1 cm³/mol. The zero-order chi connectivity index (χ0) is 11.6. The van der Waals surface area contributed by atoms with Crippen LogP contribution in [0.3, 0.4) is 0 Å². The quantitative estimate of drug-likeness (QED) is 0.782. The SMILES string of the molecule is Cn1cncc1CCN1CCC[C@](C)(F)C1. The topological polar surface area (TPSA) is 21.1 Å². The minimum absolute atomic E-state index is 0.574. The average molecular weight is 225 g/mol. The summed E-state index contributed by atoms with van der Waals surface area (Å²) in [5, 5.41) is 0. The molecule has 3 nitrogen and oxygen atoms in total. The molecule has 0 aliphatic carbocycles. The number of aryl methyl sites for hydroxylation is 1. The molecule has 1 aliphatic rings. The van der Waals surface area contributed by atoms with E-state index in [1.54, 1.807) is 6.92 Å². The molecule has 1 aliphatic heterocycles. The lowest BCUT2D eigenvalue weighted by molar-refractivity contribution is 0.0611. The first-order valence-electron chi connectivity index (χ1n) is 5.93. The molecule has 4 heteroatoms. The van der Waals surface area contributed by atoms with Crippen molar-refractivity contribution in [3.05, 3.63) is 18.2 Å². The van der Waals surface area contributed by atoms with Gasteiger partial charge in [-0.1, -0.05) is 0 Å². The molecule has 0 spiro atoms. The fourth-order valence-electron chi connectivity index (χ4n) is 2.38. The molecule has 0 radical (unpaired) electrons. The predicted octanol–water partition coefficient (Wildman–Crippen LogP) is 1.79. The van der Waals surface area contributed by atoms with E-state index >= 15 is 0 Å². The van der Waals surface area contributed by atoms with E-state index in [2.05, 4.69) is 9.88 Å². The molecule has 0 N–H and O–H groups in total. The third-order valence-corrected chi connectivity index (χ3v) is 3.33. The maximum absolute atomic E-state index is 13.8. The van der Waals surface area contributed by atoms with Crippen LogP contribution in [0.15, 0.2) is 12.5 Å². The van der Waals surface area contributed by atoms with Crippen LogP contribution in [-0.4, -0.2) is 39.8 Å². The molecule has 1 atom stereocenters. The monoisotopic (exact) mass is 225 g/mol. The van der Waals surface area contributed by atoms with Crippen LogP contribution < -0.4 is 0 Å². The van der Waals surface area contributed by atoms with Crippen LogP contribution in [0.25, 0.3) is 0 Å². The van der Waals surface area contributed by atoms with Crippen molar-refractivity contribution in [2.24, 2.45) is 7.05 Å². The summed E-state index contributed by atoms with van der Waals surface area (Å²) in [7, 11) is 2.00. The Morgan fingerprint density at radius 1 is 1.56 bits per heavy atom. The summed E-state index contributed by atoms with van der Waals surface area (Å²) in [6.07, 6.45) is 6.32. The van der Waals surface area contributed by atoms with Crippen molar-refractivity contribution < 1.29 is 4.39 Å². The largest absolute Gasteiger partial charge is 0.338 e. The Bertz CT molecular complexity index is 346. The van der Waals surface area contributed by atoms with Gasteiger partial charge in [-0.15, -0.1) is 0 Å². The van der Waals surface area contributed by atoms with Gasteiger partial charge in [-0.2, -0.15) is 0 Å². The summed E-state index contributed by atoms with van der Waals surface area (Å²) in [5.74, 6) is 0. The van der Waals surface area contributed by atoms with Crippen molar-refractivity contribution in [3.8, 4) is 0 Å². The third-order valence-electron chi connectivity index (χ3n) is 3.33. The van der Waals surface area contributed by atoms with E-state index in [4.69, 9.17) is 0 Å². The second-order valence-electron chi connectivity index (χ2n) is 5.04. The molecule has 90 valence electrons. The summed E-state index contributed by atoms with van der Waals surface area (Å²) in [6, 6.07) is 0. The highest BCUT2D eigenvalue weighted by Crippen LogP contribution is 2.24. The standard InChI is InChI=1S/C12H20FN3/c1-12(13)5-3-6-16(9-12)7-4-11-8-14-10-15(11)2/h8,10H,3-7,9H2,1-2H3/t12-/m0/s1. The number of piperidine rings is 1. The highest BCUT2D eigenvalue weighted by Gasteiger charge is 2.30. The molecule has 0 saturated carbocycles. The van der Waals surface area contributed by atoms with Gasteiger partial charge in [0.05, 0.1) is 6.33 Å². The van der Waals surface area contributed by atoms with Gasteiger partial charge in [-0.05, 0) is 26.3 Å². The Balaban J connectivity index is 1.84. The lowest BCUT2D eigenvalue weighted by Crippen LogP contribution is -2.44. The van der Waals surface area contributed by atoms with Crippen LogP contribution >= 0.6 is 0 Å². The number of hydrogen-bond donors (Lipinski definition) is 0. The molecule has 2 rings (SSSR count). The average Bonchev–Trinajstić information content (AvgIpc) is 2.60. The van der Waals surface area contributed by atoms with Crippen molar-refractivity contribution in [3.63, 3.8) is 0 Å². The number of imidazole rings is 1. The first-order chi connectivity index (χ1) is 7.57. The van der Waals surface area contributed by atoms with Crippen LogP contribution in [0.5, 0.6) is 0 Å². The van der Waals surface area contributed by atoms with E-state index in [0.717, 1.165) is 25.9 Å². The van der Waals surface area contributed by atoms with Gasteiger partial charge in [-0.25, -0.2) is 9.37 Å². The number of halogens is 1. The molecule has 0 aromatic carbocycles. The molecule has 16 heavy (non-hydrogen) atoms. The number of hydrogen-bond acceptors (Lipinski definition) is 2. The fraction of sp³-hybridized carbons (Fsp3) is 0.750. The molecule has 0 bridgehead atoms. The number of likely N-dealkylation sites (tertiary alicyclic amines) is 1. The Morgan fingerprint density at radius 3 is 3.00 bits per heavy atom. The lowest BCUT2D eigenvalue weighted by atomic mass is 9.97. The maximum atomic E-state index is 13.8. The first-order valence-corrected chi connectivity index (χ1v) is 5.93. The number of rotatable bonds is 3. The van der Waals surface area contributed by atoms with Crippen molar-refractivity contribution >= 4 is 0 Å². The Kier molecular flexibility index (Phi) is 3.28. The lowest BCUT2D eigenvalue weighted by Gasteiger charge is -2.35. The number of aromatic nitrogens is 2. The Hall–Kier alpha value is -0.900. The minimum atomic E-state index is -0.995. The van der Waals surface area contributed by atoms with Crippen LogP contribution in [0.2, 0.25) is 0 Å². The van der Waals surface area contributed by atoms with Crippen LogP contribution in [0.4, 0.5) is 4.39 Å². The molecular formula is C12H20FN3. The van der Waals surface area contributed by atoms with E-state index in [-0.39, 0.29) is 0 Å². The molecule has 1 saturated heterocycles. The van der Waals surface area contributed by atoms with Gasteiger partial charge in [0.1, 0.15) is 5.67 Å². The van der Waals surface area contributed by atoms with Crippen molar-refractivity contribution in [1.29, 1.82) is 0 Å². The molecule has 2 heterocycles. The van der Waals surface area contributed by atoms with E-state index in [1.807, 2.05) is 24.1 Å². The summed E-state index contributed by atoms with van der Waals surface area (Å²) in [6.45, 7) is 4.24. The van der Waals surface area contributed by atoms with Crippen LogP contribution in [0.1, 0.15) is 25.5 Å². The molecule has 1 fully saturated rings. The smallest absolute Gasteiger partial charge is 0.120 e. The molecule has 0 unspecified atom stereocenters. The third kappa shape index (κ3) is 2.82. The summed E-state index contributed by atoms with van der Waals surface area (Å²) < 4.78 is 15.8. The molecule has 0 amide bonds. The zero-order valence-electron chi connectivity index (χ0n) is 10.1. The van der Waals surface area contributed by atoms with Gasteiger partial charge in [0.15, 0.2) is 0 Å². The zero-order valence-corrected chi connectivity index (χ0v) is 10.1. The number of alkyl halides is 1. The number of nitrogens with zero attached hydrogens (tertiary/aromatic N) is 3. The molecule has 1 aromatic heterocycles. The van der Waals surface area contributed by atoms with Crippen molar-refractivity contribution in [2.45, 2.75) is 31.9 Å². The van der Waals surface area contributed by atoms with Crippen LogP contribution in [0, 0.1) is 0 Å². The minimum Gasteiger partial charge on any atom is -0.338 e. The molecule has 1 aromatic rings. The summed E-state index contributed by atoms with van der Waals surface area (Å²) in [4.78, 5) is 6.30. The fourth-order valence-corrected chi connectivity index (χ4v) is 2.38. The summed E-state index contributed by atoms with van der Waals surface area (Å²) in [5.41, 5.74) is 0.219. The van der Waals surface area contributed by atoms with Gasteiger partial charge in [0, 0.05) is 38.4 Å². The Morgan fingerprint density at radius 2 is 2.38 bits per heavy atom. The van der Waals surface area contributed by atoms with Gasteiger partial charge in [0.2, 0.25) is 0 Å². The van der Waals surface area contributed by atoms with Gasteiger partial charge >= 0.3 is 0 Å². The van der Waals surface area contributed by atoms with E-state index in [1.165, 1.54) is 5.69 Å². The first kappa shape index (κ1) is 11.6. The van der Waals surface area contributed by atoms with E-state index < -0.39 is 5.67 Å². The maximum Gasteiger partial charge on any atom is 0.120 e. The van der Waals surface area contributed by atoms with Crippen molar-refractivity contribution in [2.75, 3.05) is 19.6 Å². The normalized spacial score (nSPS) is 27.2. The summed E-state index contributed by atoms with van der Waals surface area (Å²) >= 11 is 0.